The molecule has 0 atom stereocenters. The van der Waals surface area contributed by atoms with E-state index in [0.717, 1.165) is 34.0 Å². The highest BCUT2D eigenvalue weighted by Crippen LogP contribution is 2.45. The van der Waals surface area contributed by atoms with Gasteiger partial charge in [-0.3, -0.25) is 4.57 Å². The number of fused-ring (bicyclic) bond motifs is 3. The maximum absolute atomic E-state index is 6.59. The van der Waals surface area contributed by atoms with Crippen LogP contribution in [0, 0.1) is 13.8 Å². The van der Waals surface area contributed by atoms with Crippen molar-refractivity contribution in [1.29, 1.82) is 0 Å². The molecule has 5 heteroatoms. The number of benzene rings is 4. The summed E-state index contributed by atoms with van der Waals surface area (Å²) >= 11 is 0. The third kappa shape index (κ3) is 6.13. The third-order valence-electron chi connectivity index (χ3n) is 11.4. The van der Waals surface area contributed by atoms with Crippen LogP contribution in [0.3, 0.4) is 0 Å². The van der Waals surface area contributed by atoms with Crippen molar-refractivity contribution in [3.05, 3.63) is 132 Å². The van der Waals surface area contributed by atoms with Crippen molar-refractivity contribution in [2.24, 2.45) is 0 Å². The summed E-state index contributed by atoms with van der Waals surface area (Å²) in [5.41, 5.74) is 11.6. The van der Waals surface area contributed by atoms with Crippen molar-refractivity contribution in [2.45, 2.75) is 89.9 Å². The van der Waals surface area contributed by atoms with Crippen molar-refractivity contribution >= 4 is 21.8 Å². The van der Waals surface area contributed by atoms with Gasteiger partial charge in [-0.25, -0.2) is 9.67 Å². The van der Waals surface area contributed by atoms with E-state index in [1.807, 2.05) is 23.0 Å². The highest BCUT2D eigenvalue weighted by molar-refractivity contribution is 6.09. The second kappa shape index (κ2) is 13.5. The molecule has 2 aliphatic carbocycles. The van der Waals surface area contributed by atoms with Crippen LogP contribution in [0.5, 0.6) is 11.5 Å². The van der Waals surface area contributed by atoms with E-state index < -0.39 is 0 Å². The molecule has 0 aliphatic heterocycles. The van der Waals surface area contributed by atoms with E-state index in [1.54, 1.807) is 11.1 Å². The molecule has 9 rings (SSSR count). The number of rotatable bonds is 7. The molecule has 7 aromatic rings. The lowest BCUT2D eigenvalue weighted by molar-refractivity contribution is 0.436. The Morgan fingerprint density at radius 2 is 1.33 bits per heavy atom. The first kappa shape index (κ1) is 31.8. The zero-order chi connectivity index (χ0) is 34.3. The number of hydrogen-bond acceptors (Lipinski definition) is 3. The van der Waals surface area contributed by atoms with Gasteiger partial charge in [0.05, 0.1) is 22.9 Å². The Balaban J connectivity index is 1.07. The van der Waals surface area contributed by atoms with E-state index in [4.69, 9.17) is 14.8 Å². The van der Waals surface area contributed by atoms with Crippen LogP contribution in [0.25, 0.3) is 44.4 Å². The van der Waals surface area contributed by atoms with Crippen molar-refractivity contribution in [3.63, 3.8) is 0 Å². The first-order chi connectivity index (χ1) is 25.1. The van der Waals surface area contributed by atoms with Crippen LogP contribution in [0.4, 0.5) is 0 Å². The number of hydrogen-bond donors (Lipinski definition) is 0. The number of ether oxygens (including phenoxy) is 1. The molecular formula is C46H46N4O. The largest absolute Gasteiger partial charge is 0.457 e. The molecule has 0 spiro atoms. The number of para-hydroxylation sites is 1. The van der Waals surface area contributed by atoms with E-state index in [2.05, 4.69) is 110 Å². The fourth-order valence-electron chi connectivity index (χ4n) is 8.97. The van der Waals surface area contributed by atoms with Gasteiger partial charge in [-0.05, 0) is 116 Å². The van der Waals surface area contributed by atoms with E-state index in [-0.39, 0.29) is 0 Å². The predicted molar refractivity (Wildman–Crippen MR) is 209 cm³/mol. The number of aromatic nitrogens is 4. The maximum atomic E-state index is 6.59. The number of pyridine rings is 1. The van der Waals surface area contributed by atoms with E-state index in [0.29, 0.717) is 11.8 Å². The molecule has 4 aromatic carbocycles. The second-order valence-corrected chi connectivity index (χ2v) is 15.0. The molecule has 0 N–H and O–H groups in total. The maximum Gasteiger partial charge on any atom is 0.137 e. The monoisotopic (exact) mass is 670 g/mol. The summed E-state index contributed by atoms with van der Waals surface area (Å²) < 4.78 is 10.9. The summed E-state index contributed by atoms with van der Waals surface area (Å²) in [4.78, 5) is 4.75. The Kier molecular flexibility index (Phi) is 8.43. The van der Waals surface area contributed by atoms with Gasteiger partial charge in [-0.2, -0.15) is 5.10 Å². The summed E-state index contributed by atoms with van der Waals surface area (Å²) in [7, 11) is 0. The predicted octanol–water partition coefficient (Wildman–Crippen LogP) is 12.5. The fraction of sp³-hybridized carbons (Fsp3) is 0.304. The van der Waals surface area contributed by atoms with Gasteiger partial charge in [0.15, 0.2) is 0 Å². The average Bonchev–Trinajstić information content (AvgIpc) is 3.79. The van der Waals surface area contributed by atoms with Crippen LogP contribution in [0.2, 0.25) is 0 Å². The lowest BCUT2D eigenvalue weighted by atomic mass is 9.75. The molecule has 2 saturated carbocycles. The molecule has 2 fully saturated rings. The van der Waals surface area contributed by atoms with Crippen LogP contribution < -0.4 is 4.74 Å². The second-order valence-electron chi connectivity index (χ2n) is 15.0. The molecule has 0 radical (unpaired) electrons. The number of aryl methyl sites for hydroxylation is 2. The van der Waals surface area contributed by atoms with Crippen LogP contribution >= 0.6 is 0 Å². The summed E-state index contributed by atoms with van der Waals surface area (Å²) in [5.74, 6) is 3.73. The van der Waals surface area contributed by atoms with Crippen molar-refractivity contribution in [2.75, 3.05) is 0 Å². The van der Waals surface area contributed by atoms with Crippen molar-refractivity contribution in [3.8, 4) is 34.1 Å². The molecule has 3 heterocycles. The van der Waals surface area contributed by atoms with Gasteiger partial charge >= 0.3 is 0 Å². The summed E-state index contributed by atoms with van der Waals surface area (Å²) in [6.45, 7) is 4.41. The Morgan fingerprint density at radius 1 is 0.627 bits per heavy atom. The van der Waals surface area contributed by atoms with Crippen molar-refractivity contribution < 1.29 is 4.74 Å². The lowest BCUT2D eigenvalue weighted by Crippen LogP contribution is -2.11. The average molecular weight is 671 g/mol. The first-order valence-corrected chi connectivity index (χ1v) is 19.0. The summed E-state index contributed by atoms with van der Waals surface area (Å²) in [6.07, 6.45) is 19.5. The highest BCUT2D eigenvalue weighted by atomic mass is 16.5. The SMILES string of the molecule is Cc1ccnc(-n2c3ccccc3c3ccc(Oc4cccc(-n5cc(-c6c(C7CCCCC7)cc(C)cc6C6CCCCC6)cn5)c4)cc32)c1. The normalized spacial score (nSPS) is 15.9. The van der Waals surface area contributed by atoms with E-state index in [1.165, 1.54) is 97.2 Å². The molecular weight excluding hydrogens is 625 g/mol. The quantitative estimate of drug-likeness (QED) is 0.170. The van der Waals surface area contributed by atoms with Gasteiger partial charge in [0.25, 0.3) is 0 Å². The topological polar surface area (TPSA) is 44.9 Å². The number of nitrogens with zero attached hydrogens (tertiary/aromatic N) is 4. The van der Waals surface area contributed by atoms with Gasteiger partial charge < -0.3 is 4.74 Å². The molecule has 0 amide bonds. The summed E-state index contributed by atoms with van der Waals surface area (Å²) in [5, 5.41) is 7.35. The van der Waals surface area contributed by atoms with Crippen molar-refractivity contribution in [1.82, 2.24) is 19.3 Å². The standard InChI is InChI=1S/C46H46N4O/c1-31-22-23-47-45(26-31)50-43-19-10-9-18-39(43)40-21-20-38(28-44(40)50)51-37-17-11-16-36(27-37)49-30-35(29-48-49)46-41(33-12-5-3-6-13-33)24-32(2)25-42(46)34-14-7-4-8-15-34/h9-11,16-30,33-34H,3-8,12-15H2,1-2H3. The molecule has 256 valence electrons. The molecule has 2 aliphatic rings. The Labute approximate surface area is 300 Å². The van der Waals surface area contributed by atoms with Gasteiger partial charge in [-0.15, -0.1) is 0 Å². The van der Waals surface area contributed by atoms with Gasteiger partial charge in [0.2, 0.25) is 0 Å². The van der Waals surface area contributed by atoms with E-state index in [9.17, 15) is 0 Å². The molecule has 0 bridgehead atoms. The smallest absolute Gasteiger partial charge is 0.137 e. The zero-order valence-corrected chi connectivity index (χ0v) is 29.8. The van der Waals surface area contributed by atoms with Gasteiger partial charge in [-0.1, -0.05) is 80.5 Å². The van der Waals surface area contributed by atoms with Gasteiger partial charge in [0.1, 0.15) is 17.3 Å². The molecule has 5 nitrogen and oxygen atoms in total. The van der Waals surface area contributed by atoms with Crippen LogP contribution in [-0.2, 0) is 0 Å². The molecule has 51 heavy (non-hydrogen) atoms. The van der Waals surface area contributed by atoms with Crippen LogP contribution in [0.15, 0.2) is 110 Å². The summed E-state index contributed by atoms with van der Waals surface area (Å²) in [6, 6.07) is 32.3. The lowest BCUT2D eigenvalue weighted by Gasteiger charge is -2.30. The third-order valence-corrected chi connectivity index (χ3v) is 11.4. The zero-order valence-electron chi connectivity index (χ0n) is 29.8. The Morgan fingerprint density at radius 3 is 2.08 bits per heavy atom. The minimum absolute atomic E-state index is 0.633. The molecule has 0 unspecified atom stereocenters. The van der Waals surface area contributed by atoms with Crippen LogP contribution in [-0.4, -0.2) is 19.3 Å². The van der Waals surface area contributed by atoms with Crippen LogP contribution in [0.1, 0.15) is 98.3 Å². The minimum Gasteiger partial charge on any atom is -0.457 e. The van der Waals surface area contributed by atoms with E-state index >= 15 is 0 Å². The highest BCUT2D eigenvalue weighted by Gasteiger charge is 2.27. The molecule has 3 aromatic heterocycles. The van der Waals surface area contributed by atoms with Gasteiger partial charge in [0, 0.05) is 40.9 Å². The fourth-order valence-corrected chi connectivity index (χ4v) is 8.97. The molecule has 0 saturated heterocycles. The Hall–Kier alpha value is -5.16. The minimum atomic E-state index is 0.633. The first-order valence-electron chi connectivity index (χ1n) is 19.0. The Bertz CT molecular complexity index is 2310.